The summed E-state index contributed by atoms with van der Waals surface area (Å²) < 4.78 is 13.6. The fraction of sp³-hybridized carbons (Fsp3) is 0.348. The molecule has 3 rings (SSSR count). The molecule has 0 saturated heterocycles. The normalized spacial score (nSPS) is 12.6. The van der Waals surface area contributed by atoms with Gasteiger partial charge in [0, 0.05) is 16.0 Å². The SMILES string of the molecule is CC[C@H](C)c1nc2ccc(Br)cc2c(=O)n1N=Cc1cccc(OC)c1OC(C)C. The molecule has 0 radical (unpaired) electrons. The van der Waals surface area contributed by atoms with Crippen molar-refractivity contribution in [1.82, 2.24) is 9.66 Å². The Kier molecular flexibility index (Phi) is 6.92. The van der Waals surface area contributed by atoms with E-state index in [1.54, 1.807) is 19.4 Å². The van der Waals surface area contributed by atoms with Crippen LogP contribution < -0.4 is 15.0 Å². The van der Waals surface area contributed by atoms with Crippen molar-refractivity contribution in [3.8, 4) is 11.5 Å². The fourth-order valence-electron chi connectivity index (χ4n) is 3.06. The van der Waals surface area contributed by atoms with Gasteiger partial charge in [-0.25, -0.2) is 4.98 Å². The summed E-state index contributed by atoms with van der Waals surface area (Å²) in [5.74, 6) is 1.90. The number of hydrogen-bond acceptors (Lipinski definition) is 5. The first kappa shape index (κ1) is 22.0. The summed E-state index contributed by atoms with van der Waals surface area (Å²) in [5.41, 5.74) is 1.18. The topological polar surface area (TPSA) is 65.7 Å². The average molecular weight is 472 g/mol. The molecule has 0 spiro atoms. The molecule has 0 N–H and O–H groups in total. The van der Waals surface area contributed by atoms with Crippen LogP contribution in [-0.4, -0.2) is 29.1 Å². The van der Waals surface area contributed by atoms with Crippen LogP contribution in [-0.2, 0) is 0 Å². The van der Waals surface area contributed by atoms with Gasteiger partial charge in [-0.3, -0.25) is 4.79 Å². The van der Waals surface area contributed by atoms with E-state index < -0.39 is 0 Å². The van der Waals surface area contributed by atoms with Crippen molar-refractivity contribution in [2.45, 2.75) is 46.1 Å². The van der Waals surface area contributed by atoms with Gasteiger partial charge in [0.1, 0.15) is 5.82 Å². The van der Waals surface area contributed by atoms with Crippen molar-refractivity contribution in [2.75, 3.05) is 7.11 Å². The second kappa shape index (κ2) is 9.43. The van der Waals surface area contributed by atoms with E-state index in [0.29, 0.717) is 28.2 Å². The summed E-state index contributed by atoms with van der Waals surface area (Å²) in [6.45, 7) is 8.00. The summed E-state index contributed by atoms with van der Waals surface area (Å²) >= 11 is 3.43. The second-order valence-electron chi connectivity index (χ2n) is 7.35. The molecule has 0 fully saturated rings. The van der Waals surface area contributed by atoms with Crippen LogP contribution in [0.1, 0.15) is 51.4 Å². The molecule has 158 valence electrons. The Morgan fingerprint density at radius 1 is 1.23 bits per heavy atom. The van der Waals surface area contributed by atoms with Crippen LogP contribution in [0, 0.1) is 0 Å². The number of nitrogens with zero attached hydrogens (tertiary/aromatic N) is 3. The first-order chi connectivity index (χ1) is 14.3. The molecule has 7 heteroatoms. The van der Waals surface area contributed by atoms with Crippen LogP contribution in [0.4, 0.5) is 0 Å². The first-order valence-corrected chi connectivity index (χ1v) is 10.7. The molecule has 1 heterocycles. The summed E-state index contributed by atoms with van der Waals surface area (Å²) in [6.07, 6.45) is 2.43. The van der Waals surface area contributed by atoms with Gasteiger partial charge in [0.2, 0.25) is 0 Å². The third-order valence-electron chi connectivity index (χ3n) is 4.78. The van der Waals surface area contributed by atoms with E-state index >= 15 is 0 Å². The maximum atomic E-state index is 13.3. The Morgan fingerprint density at radius 3 is 2.67 bits per heavy atom. The lowest BCUT2D eigenvalue weighted by atomic mass is 10.1. The molecule has 1 atom stereocenters. The molecule has 0 amide bonds. The second-order valence-corrected chi connectivity index (χ2v) is 8.26. The van der Waals surface area contributed by atoms with E-state index in [4.69, 9.17) is 14.5 Å². The molecule has 1 aromatic heterocycles. The highest BCUT2D eigenvalue weighted by Gasteiger charge is 2.16. The molecule has 0 saturated carbocycles. The molecule has 0 bridgehead atoms. The molecule has 0 unspecified atom stereocenters. The molecule has 6 nitrogen and oxygen atoms in total. The number of rotatable bonds is 7. The number of aromatic nitrogens is 2. The number of para-hydroxylation sites is 1. The number of halogens is 1. The van der Waals surface area contributed by atoms with Crippen molar-refractivity contribution in [3.63, 3.8) is 0 Å². The van der Waals surface area contributed by atoms with Gasteiger partial charge in [-0.05, 0) is 50.6 Å². The molecular formula is C23H26BrN3O3. The number of hydrogen-bond donors (Lipinski definition) is 0. The van der Waals surface area contributed by atoms with Gasteiger partial charge >= 0.3 is 0 Å². The van der Waals surface area contributed by atoms with Crippen molar-refractivity contribution in [1.29, 1.82) is 0 Å². The third kappa shape index (κ3) is 4.56. The van der Waals surface area contributed by atoms with E-state index in [0.717, 1.165) is 16.5 Å². The van der Waals surface area contributed by atoms with Gasteiger partial charge in [0.05, 0.1) is 30.3 Å². The Labute approximate surface area is 184 Å². The van der Waals surface area contributed by atoms with Crippen LogP contribution in [0.5, 0.6) is 11.5 Å². The standard InChI is InChI=1S/C23H26BrN3O3/c1-6-15(4)22-26-19-11-10-17(24)12-18(19)23(28)27(22)25-13-16-8-7-9-20(29-5)21(16)30-14(2)3/h7-15H,6H2,1-5H3/t15-/m0/s1. The number of fused-ring (bicyclic) bond motifs is 1. The summed E-state index contributed by atoms with van der Waals surface area (Å²) in [6, 6.07) is 11.1. The van der Waals surface area contributed by atoms with Crippen molar-refractivity contribution in [3.05, 3.63) is 62.6 Å². The Bertz CT molecular complexity index is 1140. The van der Waals surface area contributed by atoms with Crippen LogP contribution in [0.3, 0.4) is 0 Å². The zero-order chi connectivity index (χ0) is 21.8. The van der Waals surface area contributed by atoms with E-state index in [9.17, 15) is 4.79 Å². The molecule has 0 aliphatic rings. The molecule has 30 heavy (non-hydrogen) atoms. The van der Waals surface area contributed by atoms with Gasteiger partial charge in [-0.1, -0.05) is 35.8 Å². The zero-order valence-corrected chi connectivity index (χ0v) is 19.4. The predicted octanol–water partition coefficient (Wildman–Crippen LogP) is 5.35. The van der Waals surface area contributed by atoms with Crippen LogP contribution in [0.15, 0.2) is 50.8 Å². The molecule has 0 aliphatic heterocycles. The molecule has 3 aromatic rings. The van der Waals surface area contributed by atoms with Gasteiger partial charge in [0.25, 0.3) is 5.56 Å². The van der Waals surface area contributed by atoms with Gasteiger partial charge in [-0.15, -0.1) is 0 Å². The maximum absolute atomic E-state index is 13.3. The van der Waals surface area contributed by atoms with E-state index in [1.807, 2.05) is 51.1 Å². The minimum atomic E-state index is -0.206. The van der Waals surface area contributed by atoms with Gasteiger partial charge in [0.15, 0.2) is 11.5 Å². The lowest BCUT2D eigenvalue weighted by Gasteiger charge is -2.16. The Morgan fingerprint density at radius 2 is 2.00 bits per heavy atom. The first-order valence-electron chi connectivity index (χ1n) is 9.95. The van der Waals surface area contributed by atoms with Crippen molar-refractivity contribution >= 4 is 33.0 Å². The lowest BCUT2D eigenvalue weighted by molar-refractivity contribution is 0.230. The van der Waals surface area contributed by atoms with Crippen LogP contribution >= 0.6 is 15.9 Å². The maximum Gasteiger partial charge on any atom is 0.282 e. The van der Waals surface area contributed by atoms with Gasteiger partial charge < -0.3 is 9.47 Å². The van der Waals surface area contributed by atoms with Gasteiger partial charge in [-0.2, -0.15) is 9.78 Å². The molecule has 0 aliphatic carbocycles. The monoisotopic (exact) mass is 471 g/mol. The van der Waals surface area contributed by atoms with Crippen LogP contribution in [0.2, 0.25) is 0 Å². The number of benzene rings is 2. The minimum Gasteiger partial charge on any atom is -0.493 e. The quantitative estimate of drug-likeness (QED) is 0.435. The average Bonchev–Trinajstić information content (AvgIpc) is 2.73. The summed E-state index contributed by atoms with van der Waals surface area (Å²) in [5, 5.41) is 5.05. The summed E-state index contributed by atoms with van der Waals surface area (Å²) in [4.78, 5) is 18.0. The predicted molar refractivity (Wildman–Crippen MR) is 124 cm³/mol. The van der Waals surface area contributed by atoms with E-state index in [1.165, 1.54) is 4.68 Å². The lowest BCUT2D eigenvalue weighted by Crippen LogP contribution is -2.23. The Hall–Kier alpha value is -2.67. The smallest absolute Gasteiger partial charge is 0.282 e. The van der Waals surface area contributed by atoms with Crippen molar-refractivity contribution in [2.24, 2.45) is 5.10 Å². The number of methoxy groups -OCH3 is 1. The zero-order valence-electron chi connectivity index (χ0n) is 17.8. The highest BCUT2D eigenvalue weighted by molar-refractivity contribution is 9.10. The largest absolute Gasteiger partial charge is 0.493 e. The highest BCUT2D eigenvalue weighted by atomic mass is 79.9. The van der Waals surface area contributed by atoms with Crippen LogP contribution in [0.25, 0.3) is 10.9 Å². The van der Waals surface area contributed by atoms with Crippen molar-refractivity contribution < 1.29 is 9.47 Å². The Balaban J connectivity index is 2.19. The minimum absolute atomic E-state index is 0.0356. The summed E-state index contributed by atoms with van der Waals surface area (Å²) in [7, 11) is 1.60. The third-order valence-corrected chi connectivity index (χ3v) is 5.27. The molecular weight excluding hydrogens is 446 g/mol. The van der Waals surface area contributed by atoms with E-state index in [2.05, 4.69) is 28.0 Å². The molecule has 2 aromatic carbocycles. The fourth-order valence-corrected chi connectivity index (χ4v) is 3.42. The number of ether oxygens (including phenoxy) is 2. The van der Waals surface area contributed by atoms with E-state index in [-0.39, 0.29) is 17.6 Å². The highest BCUT2D eigenvalue weighted by Crippen LogP contribution is 2.31.